The third-order valence-corrected chi connectivity index (χ3v) is 5.00. The van der Waals surface area contributed by atoms with Gasteiger partial charge in [-0.2, -0.15) is 4.98 Å². The first-order valence-corrected chi connectivity index (χ1v) is 9.85. The Hall–Kier alpha value is -4.01. The molecule has 0 saturated carbocycles. The van der Waals surface area contributed by atoms with Crippen LogP contribution in [0.1, 0.15) is 11.5 Å². The van der Waals surface area contributed by atoms with Gasteiger partial charge in [0.2, 0.25) is 11.6 Å². The van der Waals surface area contributed by atoms with Crippen LogP contribution in [0.2, 0.25) is 0 Å². The van der Waals surface area contributed by atoms with Gasteiger partial charge < -0.3 is 23.7 Å². The normalized spacial score (nSPS) is 10.8. The summed E-state index contributed by atoms with van der Waals surface area (Å²) in [6.45, 7) is 3.77. The van der Waals surface area contributed by atoms with Gasteiger partial charge in [0, 0.05) is 17.7 Å². The van der Waals surface area contributed by atoms with Crippen molar-refractivity contribution >= 4 is 5.52 Å². The van der Waals surface area contributed by atoms with Crippen molar-refractivity contribution in [3.8, 4) is 46.0 Å². The van der Waals surface area contributed by atoms with Crippen molar-refractivity contribution in [2.24, 2.45) is 0 Å². The van der Waals surface area contributed by atoms with Crippen molar-refractivity contribution in [2.45, 2.75) is 13.8 Å². The van der Waals surface area contributed by atoms with E-state index in [1.807, 2.05) is 38.1 Å². The minimum Gasteiger partial charge on any atom is -0.497 e. The van der Waals surface area contributed by atoms with E-state index in [0.29, 0.717) is 40.2 Å². The molecule has 4 rings (SSSR count). The van der Waals surface area contributed by atoms with Crippen molar-refractivity contribution in [3.63, 3.8) is 0 Å². The van der Waals surface area contributed by atoms with Crippen LogP contribution in [0.3, 0.4) is 0 Å². The summed E-state index contributed by atoms with van der Waals surface area (Å²) in [5, 5.41) is 4.67. The molecule has 0 aliphatic carbocycles. The van der Waals surface area contributed by atoms with Crippen molar-refractivity contribution < 1.29 is 23.7 Å². The largest absolute Gasteiger partial charge is 0.497 e. The van der Waals surface area contributed by atoms with Crippen LogP contribution in [0.5, 0.6) is 34.6 Å². The molecule has 0 unspecified atom stereocenters. The van der Waals surface area contributed by atoms with Crippen LogP contribution in [0.4, 0.5) is 0 Å². The van der Waals surface area contributed by atoms with Crippen LogP contribution in [0.25, 0.3) is 16.9 Å². The number of imidazole rings is 1. The summed E-state index contributed by atoms with van der Waals surface area (Å²) < 4.78 is 29.5. The maximum absolute atomic E-state index is 6.23. The molecule has 0 aliphatic rings. The Bertz CT molecular complexity index is 1240. The van der Waals surface area contributed by atoms with Crippen molar-refractivity contribution in [1.82, 2.24) is 19.6 Å². The van der Waals surface area contributed by atoms with E-state index in [-0.39, 0.29) is 0 Å². The maximum Gasteiger partial charge on any atom is 0.249 e. The van der Waals surface area contributed by atoms with E-state index >= 15 is 0 Å². The highest BCUT2D eigenvalue weighted by Gasteiger charge is 2.20. The fourth-order valence-electron chi connectivity index (χ4n) is 3.45. The number of fused-ring (bicyclic) bond motifs is 1. The average Bonchev–Trinajstić information content (AvgIpc) is 3.11. The van der Waals surface area contributed by atoms with Gasteiger partial charge >= 0.3 is 0 Å². The van der Waals surface area contributed by atoms with Crippen molar-refractivity contribution in [2.75, 3.05) is 28.4 Å². The van der Waals surface area contributed by atoms with Gasteiger partial charge in [0.25, 0.3) is 0 Å². The molecule has 0 spiro atoms. The molecule has 0 radical (unpaired) electrons. The molecule has 0 atom stereocenters. The molecule has 0 fully saturated rings. The monoisotopic (exact) mass is 436 g/mol. The SMILES string of the molecule is COc1ccc(-c2nc(Oc3cc(OC)c(OC)c(OC)c3)c3c(C)nc(C)n3n2)cc1. The predicted octanol–water partition coefficient (Wildman–Crippen LogP) is 4.23. The van der Waals surface area contributed by atoms with Crippen LogP contribution >= 0.6 is 0 Å². The Labute approximate surface area is 185 Å². The Morgan fingerprint density at radius 1 is 0.750 bits per heavy atom. The third kappa shape index (κ3) is 3.73. The van der Waals surface area contributed by atoms with Gasteiger partial charge in [-0.05, 0) is 38.1 Å². The molecule has 166 valence electrons. The fourth-order valence-corrected chi connectivity index (χ4v) is 3.45. The Balaban J connectivity index is 1.86. The lowest BCUT2D eigenvalue weighted by Gasteiger charge is -2.15. The Kier molecular flexibility index (Phi) is 5.72. The van der Waals surface area contributed by atoms with Gasteiger partial charge in [0.05, 0.1) is 34.1 Å². The summed E-state index contributed by atoms with van der Waals surface area (Å²) in [5.41, 5.74) is 2.24. The summed E-state index contributed by atoms with van der Waals surface area (Å²) in [4.78, 5) is 9.24. The van der Waals surface area contributed by atoms with Crippen LogP contribution < -0.4 is 23.7 Å². The van der Waals surface area contributed by atoms with Gasteiger partial charge in [-0.1, -0.05) is 0 Å². The molecule has 2 aromatic carbocycles. The molecule has 9 nitrogen and oxygen atoms in total. The van der Waals surface area contributed by atoms with Crippen molar-refractivity contribution in [3.05, 3.63) is 47.9 Å². The number of rotatable bonds is 7. The highest BCUT2D eigenvalue weighted by atomic mass is 16.5. The lowest BCUT2D eigenvalue weighted by molar-refractivity contribution is 0.320. The molecule has 32 heavy (non-hydrogen) atoms. The Morgan fingerprint density at radius 2 is 1.41 bits per heavy atom. The lowest BCUT2D eigenvalue weighted by atomic mass is 10.2. The Morgan fingerprint density at radius 3 is 1.97 bits per heavy atom. The first-order chi connectivity index (χ1) is 15.5. The topological polar surface area (TPSA) is 89.2 Å². The van der Waals surface area contributed by atoms with E-state index < -0.39 is 0 Å². The van der Waals surface area contributed by atoms with Crippen molar-refractivity contribution in [1.29, 1.82) is 0 Å². The van der Waals surface area contributed by atoms with Gasteiger partial charge in [-0.3, -0.25) is 0 Å². The molecular weight excluding hydrogens is 412 g/mol. The van der Waals surface area contributed by atoms with Crippen LogP contribution in [0.15, 0.2) is 36.4 Å². The minimum atomic E-state index is 0.359. The zero-order valence-electron chi connectivity index (χ0n) is 18.8. The summed E-state index contributed by atoms with van der Waals surface area (Å²) >= 11 is 0. The van der Waals surface area contributed by atoms with Gasteiger partial charge in [0.1, 0.15) is 17.3 Å². The molecule has 9 heteroatoms. The third-order valence-electron chi connectivity index (χ3n) is 5.00. The summed E-state index contributed by atoms with van der Waals surface area (Å²) in [6, 6.07) is 10.9. The van der Waals surface area contributed by atoms with E-state index in [2.05, 4.69) is 10.1 Å². The molecule has 0 amide bonds. The number of hydrogen-bond acceptors (Lipinski definition) is 8. The number of hydrogen-bond donors (Lipinski definition) is 0. The number of methoxy groups -OCH3 is 4. The molecular formula is C23H24N4O5. The molecule has 2 aromatic heterocycles. The van der Waals surface area contributed by atoms with Gasteiger partial charge in [0.15, 0.2) is 22.8 Å². The predicted molar refractivity (Wildman–Crippen MR) is 118 cm³/mol. The van der Waals surface area contributed by atoms with Gasteiger partial charge in [-0.25, -0.2) is 9.50 Å². The maximum atomic E-state index is 6.23. The van der Waals surface area contributed by atoms with Crippen LogP contribution in [-0.4, -0.2) is 48.0 Å². The van der Waals surface area contributed by atoms with E-state index in [0.717, 1.165) is 22.8 Å². The van der Waals surface area contributed by atoms with E-state index in [1.165, 1.54) is 0 Å². The average molecular weight is 436 g/mol. The molecule has 0 N–H and O–H groups in total. The summed E-state index contributed by atoms with van der Waals surface area (Å²) in [6.07, 6.45) is 0. The number of benzene rings is 2. The molecule has 2 heterocycles. The zero-order valence-corrected chi connectivity index (χ0v) is 18.8. The quantitative estimate of drug-likeness (QED) is 0.425. The first-order valence-electron chi connectivity index (χ1n) is 9.85. The summed E-state index contributed by atoms with van der Waals surface area (Å²) in [5.74, 6) is 4.22. The zero-order chi connectivity index (χ0) is 22.8. The standard InChI is InChI=1S/C23H24N4O5/c1-13-20-23(32-17-11-18(29-4)21(31-6)19(12-17)30-5)25-22(26-27(20)14(2)24-13)15-7-9-16(28-3)10-8-15/h7-12H,1-6H3. The molecule has 0 aliphatic heterocycles. The van der Waals surface area contributed by atoms with E-state index in [4.69, 9.17) is 28.7 Å². The highest BCUT2D eigenvalue weighted by molar-refractivity contribution is 5.66. The van der Waals surface area contributed by atoms with Crippen LogP contribution in [-0.2, 0) is 0 Å². The second-order valence-corrected chi connectivity index (χ2v) is 6.94. The summed E-state index contributed by atoms with van der Waals surface area (Å²) in [7, 11) is 6.28. The number of ether oxygens (including phenoxy) is 5. The number of aromatic nitrogens is 4. The molecule has 4 aromatic rings. The van der Waals surface area contributed by atoms with E-state index in [9.17, 15) is 0 Å². The number of aryl methyl sites for hydroxylation is 2. The second kappa shape index (κ2) is 8.62. The molecule has 0 saturated heterocycles. The minimum absolute atomic E-state index is 0.359. The fraction of sp³-hybridized carbons (Fsp3) is 0.261. The second-order valence-electron chi connectivity index (χ2n) is 6.94. The van der Waals surface area contributed by atoms with Crippen LogP contribution in [0, 0.1) is 13.8 Å². The smallest absolute Gasteiger partial charge is 0.249 e. The first kappa shape index (κ1) is 21.2. The highest BCUT2D eigenvalue weighted by Crippen LogP contribution is 2.42. The van der Waals surface area contributed by atoms with E-state index in [1.54, 1.807) is 45.1 Å². The molecule has 0 bridgehead atoms. The van der Waals surface area contributed by atoms with Gasteiger partial charge in [-0.15, -0.1) is 5.10 Å². The lowest BCUT2D eigenvalue weighted by Crippen LogP contribution is -2.03. The number of nitrogens with zero attached hydrogens (tertiary/aromatic N) is 4.